The van der Waals surface area contributed by atoms with E-state index in [1.165, 1.54) is 19.1 Å². The van der Waals surface area contributed by atoms with Gasteiger partial charge in [0.05, 0.1) is 37.6 Å². The van der Waals surface area contributed by atoms with E-state index in [-0.39, 0.29) is 95.1 Å². The molecule has 1 aliphatic rings. The van der Waals surface area contributed by atoms with Crippen molar-refractivity contribution in [2.45, 2.75) is 117 Å². The van der Waals surface area contributed by atoms with Crippen molar-refractivity contribution >= 4 is 53.3 Å². The summed E-state index contributed by atoms with van der Waals surface area (Å²) in [5.74, 6) is -2.87. The van der Waals surface area contributed by atoms with Gasteiger partial charge in [-0.25, -0.2) is 9.59 Å². The Morgan fingerprint density at radius 2 is 1.41 bits per heavy atom. The van der Waals surface area contributed by atoms with E-state index in [1.54, 1.807) is 38.1 Å². The zero-order valence-corrected chi connectivity index (χ0v) is 37.6. The molecule has 0 radical (unpaired) electrons. The number of nitrogens with two attached hydrogens (primary N) is 1. The first kappa shape index (κ1) is 53.5. The van der Waals surface area contributed by atoms with Gasteiger partial charge in [0, 0.05) is 50.8 Å². The second kappa shape index (κ2) is 27.5. The van der Waals surface area contributed by atoms with E-state index in [4.69, 9.17) is 29.4 Å². The number of primary amides is 1. The number of nitrogens with one attached hydrogen (secondary N) is 5. The van der Waals surface area contributed by atoms with Crippen molar-refractivity contribution in [3.8, 4) is 0 Å². The van der Waals surface area contributed by atoms with Crippen molar-refractivity contribution < 1.29 is 62.0 Å². The molecule has 8 amide bonds. The second-order valence-electron chi connectivity index (χ2n) is 16.5. The van der Waals surface area contributed by atoms with Gasteiger partial charge in [0.2, 0.25) is 17.7 Å². The summed E-state index contributed by atoms with van der Waals surface area (Å²) in [6, 6.07) is 3.84. The Hall–Kier alpha value is -5.60. The predicted molar refractivity (Wildman–Crippen MR) is 231 cm³/mol. The van der Waals surface area contributed by atoms with Crippen molar-refractivity contribution in [3.05, 3.63) is 42.0 Å². The Labute approximate surface area is 369 Å². The normalized spacial score (nSPS) is 13.6. The van der Waals surface area contributed by atoms with Crippen molar-refractivity contribution in [2.75, 3.05) is 58.0 Å². The summed E-state index contributed by atoms with van der Waals surface area (Å²) in [7, 11) is 0. The molecule has 63 heavy (non-hydrogen) atoms. The molecule has 1 heterocycles. The lowest BCUT2D eigenvalue weighted by Gasteiger charge is -2.31. The van der Waals surface area contributed by atoms with Crippen LogP contribution in [0, 0.1) is 5.92 Å². The van der Waals surface area contributed by atoms with E-state index in [1.807, 2.05) is 27.7 Å². The van der Waals surface area contributed by atoms with Crippen LogP contribution in [0.1, 0.15) is 92.6 Å². The Morgan fingerprint density at radius 3 is 2.05 bits per heavy atom. The summed E-state index contributed by atoms with van der Waals surface area (Å²) in [5, 5.41) is 13.3. The van der Waals surface area contributed by atoms with Crippen LogP contribution in [0.4, 0.5) is 15.3 Å². The molecule has 20 nitrogen and oxygen atoms in total. The van der Waals surface area contributed by atoms with Crippen LogP contribution in [0.25, 0.3) is 0 Å². The van der Waals surface area contributed by atoms with E-state index in [0.717, 1.165) is 4.90 Å². The van der Waals surface area contributed by atoms with Crippen molar-refractivity contribution in [2.24, 2.45) is 11.7 Å². The number of urea groups is 1. The number of amides is 8. The van der Waals surface area contributed by atoms with Crippen LogP contribution >= 0.6 is 0 Å². The van der Waals surface area contributed by atoms with Crippen molar-refractivity contribution in [3.63, 3.8) is 0 Å². The van der Waals surface area contributed by atoms with Crippen molar-refractivity contribution in [1.82, 2.24) is 26.2 Å². The number of esters is 1. The molecule has 0 bridgehead atoms. The van der Waals surface area contributed by atoms with E-state index >= 15 is 0 Å². The molecule has 0 aromatic heterocycles. The molecule has 20 heteroatoms. The molecule has 0 fully saturated rings. The number of carbonyl (C=O) groups is 8. The minimum atomic E-state index is -1.04. The number of ether oxygens (including phenoxy) is 5. The summed E-state index contributed by atoms with van der Waals surface area (Å²) in [6.07, 6.45) is 3.96. The molecule has 0 spiro atoms. The molecular formula is C43H67N7O13. The van der Waals surface area contributed by atoms with Gasteiger partial charge < -0.3 is 56.0 Å². The van der Waals surface area contributed by atoms with E-state index in [2.05, 4.69) is 26.6 Å². The standard InChI is InChI=1S/C43H67N7O13/c1-29(2)37(49-34(52)13-9-8-10-22-50-35(53)18-19-36(50)54)39(56)48-33(12-11-20-45-40(44)57)38(55)47-32-16-14-31(15-17-32)26-60-41(58)46-21-23-59-24-25-62-43(6,7)28-63-42(4,5)27-61-30(3)51/h14-19,29,33,37H,8-13,20-28H2,1-7H3,(H,46,58)(H,47,55)(H,48,56)(H,49,52)(H3,44,45,57). The van der Waals surface area contributed by atoms with Crippen LogP contribution in [0.2, 0.25) is 0 Å². The molecule has 2 unspecified atom stereocenters. The van der Waals surface area contributed by atoms with Gasteiger partial charge in [-0.15, -0.1) is 0 Å². The third-order valence-electron chi connectivity index (χ3n) is 9.31. The lowest BCUT2D eigenvalue weighted by atomic mass is 10.0. The fourth-order valence-electron chi connectivity index (χ4n) is 5.76. The number of unbranched alkanes of at least 4 members (excludes halogenated alkanes) is 2. The molecule has 0 saturated carbocycles. The fraction of sp³-hybridized carbons (Fsp3) is 0.628. The number of imide groups is 1. The van der Waals surface area contributed by atoms with E-state index in [0.29, 0.717) is 43.5 Å². The third-order valence-corrected chi connectivity index (χ3v) is 9.31. The van der Waals surface area contributed by atoms with Gasteiger partial charge in [-0.3, -0.25) is 33.7 Å². The number of rotatable bonds is 30. The maximum Gasteiger partial charge on any atom is 0.407 e. The number of carbonyl (C=O) groups excluding carboxylic acids is 8. The van der Waals surface area contributed by atoms with E-state index in [9.17, 15) is 38.4 Å². The van der Waals surface area contributed by atoms with Gasteiger partial charge in [0.25, 0.3) is 11.8 Å². The van der Waals surface area contributed by atoms with Gasteiger partial charge in [-0.05, 0) is 77.0 Å². The second-order valence-corrected chi connectivity index (χ2v) is 16.5. The molecule has 2 atom stereocenters. The Morgan fingerprint density at radius 1 is 0.746 bits per heavy atom. The highest BCUT2D eigenvalue weighted by molar-refractivity contribution is 6.12. The number of nitrogens with zero attached hydrogens (tertiary/aromatic N) is 1. The Bertz CT molecular complexity index is 1700. The predicted octanol–water partition coefficient (Wildman–Crippen LogP) is 2.58. The molecular weight excluding hydrogens is 823 g/mol. The summed E-state index contributed by atoms with van der Waals surface area (Å²) in [6.45, 7) is 14.0. The third kappa shape index (κ3) is 22.9. The number of hydrogen-bond acceptors (Lipinski definition) is 13. The number of hydrogen-bond donors (Lipinski definition) is 6. The first-order chi connectivity index (χ1) is 29.7. The van der Waals surface area contributed by atoms with E-state index < -0.39 is 47.2 Å². The van der Waals surface area contributed by atoms with Gasteiger partial charge in [0.1, 0.15) is 25.3 Å². The molecule has 2 rings (SSSR count). The highest BCUT2D eigenvalue weighted by Crippen LogP contribution is 2.17. The van der Waals surface area contributed by atoms with Gasteiger partial charge in [-0.2, -0.15) is 0 Å². The topological polar surface area (TPSA) is 272 Å². The first-order valence-electron chi connectivity index (χ1n) is 21.1. The van der Waals surface area contributed by atoms with Gasteiger partial charge in [-0.1, -0.05) is 32.4 Å². The Kier molecular flexibility index (Phi) is 23.3. The largest absolute Gasteiger partial charge is 0.463 e. The smallest absolute Gasteiger partial charge is 0.407 e. The minimum Gasteiger partial charge on any atom is -0.463 e. The minimum absolute atomic E-state index is 0.0458. The molecule has 7 N–H and O–H groups in total. The molecule has 1 aromatic carbocycles. The lowest BCUT2D eigenvalue weighted by Crippen LogP contribution is -2.54. The van der Waals surface area contributed by atoms with Crippen LogP contribution in [0.3, 0.4) is 0 Å². The zero-order valence-electron chi connectivity index (χ0n) is 37.6. The highest BCUT2D eigenvalue weighted by atomic mass is 16.6. The quantitative estimate of drug-likeness (QED) is 0.0369. The SMILES string of the molecule is CC(=O)OCC(C)(C)OCC(C)(C)OCCOCCNC(=O)OCc1ccc(NC(=O)C(CCCNC(N)=O)NC(=O)C(NC(=O)CCCCCN2C(=O)C=CC2=O)C(C)C)cc1. The molecule has 1 aromatic rings. The molecule has 0 saturated heterocycles. The summed E-state index contributed by atoms with van der Waals surface area (Å²) >= 11 is 0. The first-order valence-corrected chi connectivity index (χ1v) is 21.1. The van der Waals surface area contributed by atoms with Crippen LogP contribution in [0.5, 0.6) is 0 Å². The lowest BCUT2D eigenvalue weighted by molar-refractivity contribution is -0.161. The maximum absolute atomic E-state index is 13.5. The average Bonchev–Trinajstić information content (AvgIpc) is 3.54. The van der Waals surface area contributed by atoms with Gasteiger partial charge in [0.15, 0.2) is 0 Å². The number of benzene rings is 1. The monoisotopic (exact) mass is 889 g/mol. The van der Waals surface area contributed by atoms with Crippen LogP contribution < -0.4 is 32.3 Å². The van der Waals surface area contributed by atoms with Crippen LogP contribution in [0.15, 0.2) is 36.4 Å². The van der Waals surface area contributed by atoms with Gasteiger partial charge >= 0.3 is 18.1 Å². The van der Waals surface area contributed by atoms with Crippen molar-refractivity contribution in [1.29, 1.82) is 0 Å². The van der Waals surface area contributed by atoms with Crippen LogP contribution in [-0.4, -0.2) is 128 Å². The summed E-state index contributed by atoms with van der Waals surface area (Å²) in [5.41, 5.74) is 4.94. The zero-order chi connectivity index (χ0) is 47.0. The summed E-state index contributed by atoms with van der Waals surface area (Å²) in [4.78, 5) is 98.8. The molecule has 352 valence electrons. The van der Waals surface area contributed by atoms with Crippen LogP contribution in [-0.2, 0) is 59.1 Å². The Balaban J connectivity index is 1.78. The maximum atomic E-state index is 13.5. The number of anilines is 1. The molecule has 0 aliphatic carbocycles. The average molecular weight is 890 g/mol. The highest BCUT2D eigenvalue weighted by Gasteiger charge is 2.30. The molecule has 1 aliphatic heterocycles. The number of alkyl carbamates (subject to hydrolysis) is 1. The fourth-order valence-corrected chi connectivity index (χ4v) is 5.76. The summed E-state index contributed by atoms with van der Waals surface area (Å²) < 4.78 is 27.6.